The van der Waals surface area contributed by atoms with E-state index in [-0.39, 0.29) is 6.61 Å². The molecule has 0 amide bonds. The fourth-order valence-corrected chi connectivity index (χ4v) is 1.29. The Hall–Kier alpha value is -0.0800. The summed E-state index contributed by atoms with van der Waals surface area (Å²) >= 11 is 0. The Bertz CT molecular complexity index is 95.8. The summed E-state index contributed by atoms with van der Waals surface area (Å²) < 4.78 is 0. The molecule has 1 unspecified atom stereocenters. The van der Waals surface area contributed by atoms with Crippen LogP contribution in [0.25, 0.3) is 0 Å². The van der Waals surface area contributed by atoms with E-state index in [0.717, 1.165) is 6.54 Å². The van der Waals surface area contributed by atoms with Gasteiger partial charge in [-0.3, -0.25) is 0 Å². The highest BCUT2D eigenvalue weighted by molar-refractivity contribution is 4.62. The third-order valence-corrected chi connectivity index (χ3v) is 2.43. The van der Waals surface area contributed by atoms with Crippen LogP contribution in [0.2, 0.25) is 0 Å². The maximum Gasteiger partial charge on any atom is 0.0558 e. The lowest BCUT2D eigenvalue weighted by molar-refractivity contribution is 0.180. The smallest absolute Gasteiger partial charge is 0.0558 e. The minimum Gasteiger partial charge on any atom is -0.395 e. The van der Waals surface area contributed by atoms with E-state index in [1.807, 2.05) is 0 Å². The summed E-state index contributed by atoms with van der Waals surface area (Å²) in [5.74, 6) is 0. The van der Waals surface area contributed by atoms with Gasteiger partial charge in [0.25, 0.3) is 0 Å². The number of rotatable bonds is 7. The molecule has 0 saturated carbocycles. The molecule has 0 aromatic rings. The van der Waals surface area contributed by atoms with Crippen molar-refractivity contribution < 1.29 is 5.11 Å². The summed E-state index contributed by atoms with van der Waals surface area (Å²) in [6.07, 6.45) is 5.19. The highest BCUT2D eigenvalue weighted by atomic mass is 16.3. The SMILES string of the molecule is CCCCCC(C)N(C)CCO. The van der Waals surface area contributed by atoms with Crippen molar-refractivity contribution in [3.05, 3.63) is 0 Å². The van der Waals surface area contributed by atoms with Crippen molar-refractivity contribution in [3.63, 3.8) is 0 Å². The second-order valence-corrected chi connectivity index (χ2v) is 3.55. The first kappa shape index (κ1) is 11.9. The van der Waals surface area contributed by atoms with Gasteiger partial charge in [-0.2, -0.15) is 0 Å². The molecule has 0 aliphatic carbocycles. The van der Waals surface area contributed by atoms with Crippen LogP contribution in [0, 0.1) is 0 Å². The first-order valence-electron chi connectivity index (χ1n) is 5.03. The van der Waals surface area contributed by atoms with Gasteiger partial charge in [-0.05, 0) is 20.4 Å². The number of nitrogens with zero attached hydrogens (tertiary/aromatic N) is 1. The molecule has 0 aliphatic heterocycles. The molecule has 0 radical (unpaired) electrons. The maximum atomic E-state index is 8.72. The van der Waals surface area contributed by atoms with Crippen LogP contribution >= 0.6 is 0 Å². The van der Waals surface area contributed by atoms with Gasteiger partial charge in [0, 0.05) is 12.6 Å². The van der Waals surface area contributed by atoms with Crippen molar-refractivity contribution in [1.29, 1.82) is 0 Å². The van der Waals surface area contributed by atoms with Crippen LogP contribution < -0.4 is 0 Å². The molecule has 0 bridgehead atoms. The van der Waals surface area contributed by atoms with Crippen molar-refractivity contribution in [2.75, 3.05) is 20.2 Å². The predicted octanol–water partition coefficient (Wildman–Crippen LogP) is 1.88. The molecule has 2 nitrogen and oxygen atoms in total. The van der Waals surface area contributed by atoms with Crippen LogP contribution in [0.15, 0.2) is 0 Å². The Morgan fingerprint density at radius 2 is 2.00 bits per heavy atom. The summed E-state index contributed by atoms with van der Waals surface area (Å²) in [7, 11) is 2.08. The van der Waals surface area contributed by atoms with Gasteiger partial charge in [0.2, 0.25) is 0 Å². The second-order valence-electron chi connectivity index (χ2n) is 3.55. The molecule has 0 aromatic heterocycles. The third-order valence-electron chi connectivity index (χ3n) is 2.43. The Balaban J connectivity index is 3.35. The van der Waals surface area contributed by atoms with Crippen molar-refractivity contribution in [1.82, 2.24) is 4.90 Å². The average Bonchev–Trinajstić information content (AvgIpc) is 2.05. The monoisotopic (exact) mass is 173 g/mol. The summed E-state index contributed by atoms with van der Waals surface area (Å²) in [4.78, 5) is 2.22. The number of unbranched alkanes of at least 4 members (excludes halogenated alkanes) is 2. The zero-order chi connectivity index (χ0) is 9.40. The molecular weight excluding hydrogens is 150 g/mol. The molecular formula is C10H23NO. The topological polar surface area (TPSA) is 23.5 Å². The van der Waals surface area contributed by atoms with Gasteiger partial charge in [-0.1, -0.05) is 26.2 Å². The highest BCUT2D eigenvalue weighted by Crippen LogP contribution is 2.07. The van der Waals surface area contributed by atoms with E-state index in [1.54, 1.807) is 0 Å². The molecule has 1 atom stereocenters. The minimum atomic E-state index is 0.272. The molecule has 12 heavy (non-hydrogen) atoms. The van der Waals surface area contributed by atoms with Gasteiger partial charge in [0.15, 0.2) is 0 Å². The summed E-state index contributed by atoms with van der Waals surface area (Å²) in [5.41, 5.74) is 0. The van der Waals surface area contributed by atoms with Gasteiger partial charge >= 0.3 is 0 Å². The largest absolute Gasteiger partial charge is 0.395 e. The Morgan fingerprint density at radius 3 is 2.50 bits per heavy atom. The van der Waals surface area contributed by atoms with E-state index in [1.165, 1.54) is 25.7 Å². The quantitative estimate of drug-likeness (QED) is 0.594. The first-order valence-corrected chi connectivity index (χ1v) is 5.03. The first-order chi connectivity index (χ1) is 5.72. The molecule has 2 heteroatoms. The molecule has 0 heterocycles. The van der Waals surface area contributed by atoms with Crippen LogP contribution in [0.5, 0.6) is 0 Å². The van der Waals surface area contributed by atoms with E-state index >= 15 is 0 Å². The summed E-state index contributed by atoms with van der Waals surface area (Å²) in [6.45, 7) is 5.52. The van der Waals surface area contributed by atoms with Crippen molar-refractivity contribution in [3.8, 4) is 0 Å². The maximum absolute atomic E-state index is 8.72. The molecule has 0 saturated heterocycles. The lowest BCUT2D eigenvalue weighted by atomic mass is 10.1. The summed E-state index contributed by atoms with van der Waals surface area (Å²) in [6, 6.07) is 0.615. The fourth-order valence-electron chi connectivity index (χ4n) is 1.29. The standard InChI is InChI=1S/C10H23NO/c1-4-5-6-7-10(2)11(3)8-9-12/h10,12H,4-9H2,1-3H3. The highest BCUT2D eigenvalue weighted by Gasteiger charge is 2.06. The number of aliphatic hydroxyl groups excluding tert-OH is 1. The fraction of sp³-hybridized carbons (Fsp3) is 1.00. The molecule has 0 spiro atoms. The molecule has 0 aliphatic rings. The van der Waals surface area contributed by atoms with Gasteiger partial charge < -0.3 is 10.0 Å². The number of hydrogen-bond donors (Lipinski definition) is 1. The molecule has 0 aromatic carbocycles. The van der Waals surface area contributed by atoms with Crippen LogP contribution in [-0.2, 0) is 0 Å². The van der Waals surface area contributed by atoms with Gasteiger partial charge in [0.05, 0.1) is 6.61 Å². The van der Waals surface area contributed by atoms with Crippen molar-refractivity contribution >= 4 is 0 Å². The van der Waals surface area contributed by atoms with E-state index in [0.29, 0.717) is 6.04 Å². The molecule has 0 fully saturated rings. The Kier molecular flexibility index (Phi) is 7.51. The van der Waals surface area contributed by atoms with E-state index in [2.05, 4.69) is 25.8 Å². The zero-order valence-electron chi connectivity index (χ0n) is 8.71. The Morgan fingerprint density at radius 1 is 1.33 bits per heavy atom. The van der Waals surface area contributed by atoms with Gasteiger partial charge in [0.1, 0.15) is 0 Å². The summed E-state index contributed by atoms with van der Waals surface area (Å²) in [5, 5.41) is 8.72. The lowest BCUT2D eigenvalue weighted by Gasteiger charge is -2.23. The van der Waals surface area contributed by atoms with Crippen molar-refractivity contribution in [2.24, 2.45) is 0 Å². The number of aliphatic hydroxyl groups is 1. The number of hydrogen-bond acceptors (Lipinski definition) is 2. The van der Waals surface area contributed by atoms with E-state index in [9.17, 15) is 0 Å². The normalized spacial score (nSPS) is 13.8. The van der Waals surface area contributed by atoms with Crippen LogP contribution in [0.4, 0.5) is 0 Å². The third kappa shape index (κ3) is 5.56. The second kappa shape index (κ2) is 7.56. The molecule has 0 rings (SSSR count). The Labute approximate surface area is 76.6 Å². The average molecular weight is 173 g/mol. The van der Waals surface area contributed by atoms with Crippen LogP contribution in [-0.4, -0.2) is 36.2 Å². The van der Waals surface area contributed by atoms with Gasteiger partial charge in [-0.15, -0.1) is 0 Å². The van der Waals surface area contributed by atoms with Crippen molar-refractivity contribution in [2.45, 2.75) is 45.6 Å². The number of likely N-dealkylation sites (N-methyl/N-ethyl adjacent to an activating group) is 1. The molecule has 1 N–H and O–H groups in total. The molecule has 74 valence electrons. The lowest BCUT2D eigenvalue weighted by Crippen LogP contribution is -2.31. The van der Waals surface area contributed by atoms with E-state index < -0.39 is 0 Å². The van der Waals surface area contributed by atoms with Gasteiger partial charge in [-0.25, -0.2) is 0 Å². The van der Waals surface area contributed by atoms with Crippen LogP contribution in [0.1, 0.15) is 39.5 Å². The van der Waals surface area contributed by atoms with E-state index in [4.69, 9.17) is 5.11 Å². The predicted molar refractivity (Wildman–Crippen MR) is 53.3 cm³/mol. The zero-order valence-corrected chi connectivity index (χ0v) is 8.71. The minimum absolute atomic E-state index is 0.272. The van der Waals surface area contributed by atoms with Crippen LogP contribution in [0.3, 0.4) is 0 Å².